The summed E-state index contributed by atoms with van der Waals surface area (Å²) >= 11 is 0. The molecule has 0 radical (unpaired) electrons. The van der Waals surface area contributed by atoms with Gasteiger partial charge in [-0.15, -0.1) is 0 Å². The lowest BCUT2D eigenvalue weighted by Crippen LogP contribution is -2.25. The Balaban J connectivity index is 2.49. The number of nitrogens with one attached hydrogen (secondary N) is 1. The molecule has 0 saturated heterocycles. The molecule has 4 nitrogen and oxygen atoms in total. The van der Waals surface area contributed by atoms with Gasteiger partial charge in [0.25, 0.3) is 0 Å². The maximum absolute atomic E-state index is 11.9. The molecular weight excluding hydrogens is 293 g/mol. The van der Waals surface area contributed by atoms with Crippen molar-refractivity contribution in [3.05, 3.63) is 29.8 Å². The first-order valence-electron chi connectivity index (χ1n) is 6.10. The molecule has 0 aliphatic carbocycles. The Kier molecular flexibility index (Phi) is 5.97. The van der Waals surface area contributed by atoms with Gasteiger partial charge in [0.05, 0.1) is 4.90 Å². The third-order valence-electron chi connectivity index (χ3n) is 2.62. The molecule has 3 N–H and O–H groups in total. The molecule has 1 rings (SSSR count). The molecule has 1 aromatic rings. The smallest absolute Gasteiger partial charge is 0.326 e. The van der Waals surface area contributed by atoms with Crippen molar-refractivity contribution in [3.8, 4) is 0 Å². The fraction of sp³-hybridized carbons (Fsp3) is 0.500. The van der Waals surface area contributed by atoms with Crippen molar-refractivity contribution in [2.24, 2.45) is 5.73 Å². The fourth-order valence-corrected chi connectivity index (χ4v) is 2.72. The number of rotatable bonds is 7. The maximum atomic E-state index is 11.9. The summed E-state index contributed by atoms with van der Waals surface area (Å²) in [7, 11) is -3.70. The van der Waals surface area contributed by atoms with Crippen molar-refractivity contribution in [1.29, 1.82) is 0 Å². The Bertz CT molecular complexity index is 530. The Labute approximate surface area is 116 Å². The molecule has 0 spiro atoms. The van der Waals surface area contributed by atoms with E-state index in [-0.39, 0.29) is 30.8 Å². The minimum atomic E-state index is -4.20. The molecule has 0 aliphatic heterocycles. The van der Waals surface area contributed by atoms with E-state index in [1.165, 1.54) is 12.1 Å². The molecule has 8 heteroatoms. The number of unbranched alkanes of at least 4 members (excludes halogenated alkanes) is 1. The van der Waals surface area contributed by atoms with Crippen LogP contribution in [0.1, 0.15) is 24.8 Å². The predicted octanol–water partition coefficient (Wildman–Crippen LogP) is 2.16. The van der Waals surface area contributed by atoms with E-state index in [4.69, 9.17) is 5.73 Å². The lowest BCUT2D eigenvalue weighted by Gasteiger charge is -2.09. The number of halogens is 3. The van der Waals surface area contributed by atoms with Crippen molar-refractivity contribution >= 4 is 10.0 Å². The summed E-state index contributed by atoms with van der Waals surface area (Å²) in [6, 6.07) is 6.12. The Morgan fingerprint density at radius 3 is 2.50 bits per heavy atom. The van der Waals surface area contributed by atoms with Crippen LogP contribution in [-0.2, 0) is 16.6 Å². The van der Waals surface area contributed by atoms with Crippen molar-refractivity contribution < 1.29 is 21.6 Å². The van der Waals surface area contributed by atoms with Gasteiger partial charge in [-0.2, -0.15) is 13.2 Å². The van der Waals surface area contributed by atoms with Crippen LogP contribution in [0.2, 0.25) is 0 Å². The van der Waals surface area contributed by atoms with Gasteiger partial charge in [-0.3, -0.25) is 0 Å². The molecule has 20 heavy (non-hydrogen) atoms. The van der Waals surface area contributed by atoms with Crippen LogP contribution in [0.25, 0.3) is 0 Å². The van der Waals surface area contributed by atoms with E-state index in [0.717, 1.165) is 0 Å². The zero-order valence-corrected chi connectivity index (χ0v) is 11.6. The van der Waals surface area contributed by atoms with Gasteiger partial charge in [0, 0.05) is 19.5 Å². The second-order valence-electron chi connectivity index (χ2n) is 4.32. The average Bonchev–Trinajstić information content (AvgIpc) is 2.37. The molecule has 0 aliphatic rings. The zero-order valence-electron chi connectivity index (χ0n) is 10.8. The minimum absolute atomic E-state index is 0.0226. The molecule has 0 bridgehead atoms. The van der Waals surface area contributed by atoms with Crippen LogP contribution < -0.4 is 10.5 Å². The first-order chi connectivity index (χ1) is 9.24. The lowest BCUT2D eigenvalue weighted by molar-refractivity contribution is -0.135. The second kappa shape index (κ2) is 7.05. The molecule has 0 unspecified atom stereocenters. The summed E-state index contributed by atoms with van der Waals surface area (Å²) in [5, 5.41) is 0. The first kappa shape index (κ1) is 16.9. The molecule has 1 aromatic carbocycles. The number of sulfonamides is 1. The fourth-order valence-electron chi connectivity index (χ4n) is 1.58. The molecule has 0 fully saturated rings. The normalized spacial score (nSPS) is 12.6. The van der Waals surface area contributed by atoms with Crippen LogP contribution in [0, 0.1) is 0 Å². The van der Waals surface area contributed by atoms with E-state index in [1.807, 2.05) is 0 Å². The van der Waals surface area contributed by atoms with Gasteiger partial charge in [0.1, 0.15) is 0 Å². The highest BCUT2D eigenvalue weighted by molar-refractivity contribution is 7.89. The van der Waals surface area contributed by atoms with Crippen LogP contribution in [0.3, 0.4) is 0 Å². The highest BCUT2D eigenvalue weighted by Gasteiger charge is 2.25. The van der Waals surface area contributed by atoms with E-state index in [9.17, 15) is 21.6 Å². The quantitative estimate of drug-likeness (QED) is 0.758. The molecule has 0 aromatic heterocycles. The number of hydrogen-bond donors (Lipinski definition) is 2. The van der Waals surface area contributed by atoms with Gasteiger partial charge in [-0.05, 0) is 30.5 Å². The zero-order chi connectivity index (χ0) is 15.2. The summed E-state index contributed by atoms with van der Waals surface area (Å²) < 4.78 is 61.8. The van der Waals surface area contributed by atoms with Gasteiger partial charge in [-0.1, -0.05) is 12.1 Å². The summed E-state index contributed by atoms with van der Waals surface area (Å²) in [4.78, 5) is 0.0660. The standard InChI is InChI=1S/C12H17F3N2O2S/c13-12(14,15)6-1-2-7-17-20(18,19)11-5-3-4-10(8-11)9-16/h3-5,8,17H,1-2,6-7,9,16H2. The van der Waals surface area contributed by atoms with E-state index in [1.54, 1.807) is 12.1 Å². The van der Waals surface area contributed by atoms with Crippen molar-refractivity contribution in [1.82, 2.24) is 4.72 Å². The Morgan fingerprint density at radius 1 is 1.20 bits per heavy atom. The van der Waals surface area contributed by atoms with Crippen molar-refractivity contribution in [2.45, 2.75) is 36.9 Å². The summed E-state index contributed by atoms with van der Waals surface area (Å²) in [6.07, 6.45) is -5.07. The molecule has 0 amide bonds. The van der Waals surface area contributed by atoms with Crippen LogP contribution in [0.15, 0.2) is 29.2 Å². The molecule has 114 valence electrons. The summed E-state index contributed by atoms with van der Waals surface area (Å²) in [5.41, 5.74) is 6.09. The van der Waals surface area contributed by atoms with Gasteiger partial charge < -0.3 is 5.73 Å². The molecule has 0 atom stereocenters. The van der Waals surface area contributed by atoms with Gasteiger partial charge >= 0.3 is 6.18 Å². The molecular formula is C12H17F3N2O2S. The summed E-state index contributed by atoms with van der Waals surface area (Å²) in [5.74, 6) is 0. The van der Waals surface area contributed by atoms with Gasteiger partial charge in [-0.25, -0.2) is 13.1 Å². The van der Waals surface area contributed by atoms with Crippen LogP contribution in [-0.4, -0.2) is 21.1 Å². The number of nitrogens with two attached hydrogens (primary N) is 1. The lowest BCUT2D eigenvalue weighted by atomic mass is 10.2. The van der Waals surface area contributed by atoms with Crippen LogP contribution >= 0.6 is 0 Å². The Morgan fingerprint density at radius 2 is 1.90 bits per heavy atom. The SMILES string of the molecule is NCc1cccc(S(=O)(=O)NCCCCC(F)(F)F)c1. The van der Waals surface area contributed by atoms with Gasteiger partial charge in [0.15, 0.2) is 0 Å². The molecule has 0 heterocycles. The first-order valence-corrected chi connectivity index (χ1v) is 7.58. The van der Waals surface area contributed by atoms with E-state index < -0.39 is 22.6 Å². The second-order valence-corrected chi connectivity index (χ2v) is 6.09. The third-order valence-corrected chi connectivity index (χ3v) is 4.08. The number of benzene rings is 1. The number of alkyl halides is 3. The van der Waals surface area contributed by atoms with E-state index in [2.05, 4.69) is 4.72 Å². The monoisotopic (exact) mass is 310 g/mol. The van der Waals surface area contributed by atoms with Crippen LogP contribution in [0.4, 0.5) is 13.2 Å². The maximum Gasteiger partial charge on any atom is 0.389 e. The van der Waals surface area contributed by atoms with E-state index in [0.29, 0.717) is 5.56 Å². The average molecular weight is 310 g/mol. The van der Waals surface area contributed by atoms with Gasteiger partial charge in [0.2, 0.25) is 10.0 Å². The highest BCUT2D eigenvalue weighted by atomic mass is 32.2. The summed E-state index contributed by atoms with van der Waals surface area (Å²) in [6.45, 7) is 0.195. The van der Waals surface area contributed by atoms with Crippen molar-refractivity contribution in [3.63, 3.8) is 0 Å². The largest absolute Gasteiger partial charge is 0.389 e. The van der Waals surface area contributed by atoms with E-state index >= 15 is 0 Å². The van der Waals surface area contributed by atoms with Crippen molar-refractivity contribution in [2.75, 3.05) is 6.54 Å². The molecule has 0 saturated carbocycles. The number of hydrogen-bond acceptors (Lipinski definition) is 3. The minimum Gasteiger partial charge on any atom is -0.326 e. The third kappa shape index (κ3) is 5.89. The highest BCUT2D eigenvalue weighted by Crippen LogP contribution is 2.22. The Hall–Kier alpha value is -1.12. The van der Waals surface area contributed by atoms with Crippen LogP contribution in [0.5, 0.6) is 0 Å². The topological polar surface area (TPSA) is 72.2 Å². The predicted molar refractivity (Wildman–Crippen MR) is 69.4 cm³/mol.